The lowest BCUT2D eigenvalue weighted by Crippen LogP contribution is -2.49. The predicted molar refractivity (Wildman–Crippen MR) is 123 cm³/mol. The van der Waals surface area contributed by atoms with E-state index in [0.717, 1.165) is 35.2 Å². The van der Waals surface area contributed by atoms with Gasteiger partial charge in [0.15, 0.2) is 5.78 Å². The Hall–Kier alpha value is -2.08. The molecule has 1 N–H and O–H groups in total. The summed E-state index contributed by atoms with van der Waals surface area (Å²) in [6.07, 6.45) is 3.90. The number of ether oxygens (including phenoxy) is 3. The third-order valence-corrected chi connectivity index (χ3v) is 6.45. The van der Waals surface area contributed by atoms with Crippen LogP contribution in [0.5, 0.6) is 5.75 Å². The topological polar surface area (TPSA) is 56.8 Å². The Bertz CT molecular complexity index is 935. The smallest absolute Gasteiger partial charge is 0.155 e. The Morgan fingerprint density at radius 1 is 1.19 bits per heavy atom. The van der Waals surface area contributed by atoms with Crippen LogP contribution in [0.15, 0.2) is 36.4 Å². The van der Waals surface area contributed by atoms with Crippen LogP contribution in [0.3, 0.4) is 0 Å². The lowest BCUT2D eigenvalue weighted by molar-refractivity contribution is -0.124. The van der Waals surface area contributed by atoms with Crippen molar-refractivity contribution in [2.45, 2.75) is 57.8 Å². The summed E-state index contributed by atoms with van der Waals surface area (Å²) in [5.41, 5.74) is 3.30. The first kappa shape index (κ1) is 22.1. The largest absolute Gasteiger partial charge is 0.492 e. The highest BCUT2D eigenvalue weighted by atomic mass is 35.5. The van der Waals surface area contributed by atoms with E-state index in [-0.39, 0.29) is 5.78 Å². The minimum Gasteiger partial charge on any atom is -0.492 e. The first-order valence-corrected chi connectivity index (χ1v) is 11.4. The number of halogens is 1. The number of nitrogens with one attached hydrogen (secondary N) is 1. The van der Waals surface area contributed by atoms with Crippen LogP contribution in [0, 0.1) is 0 Å². The Balaban J connectivity index is 1.68. The number of hydrogen-bond acceptors (Lipinski definition) is 5. The molecule has 0 spiro atoms. The van der Waals surface area contributed by atoms with Crippen LogP contribution in [0.25, 0.3) is 11.1 Å². The molecule has 2 fully saturated rings. The van der Waals surface area contributed by atoms with E-state index in [2.05, 4.69) is 17.4 Å². The second-order valence-electron chi connectivity index (χ2n) is 8.31. The van der Waals surface area contributed by atoms with E-state index in [1.807, 2.05) is 31.2 Å². The monoisotopic (exact) mass is 443 g/mol. The zero-order valence-corrected chi connectivity index (χ0v) is 19.0. The van der Waals surface area contributed by atoms with Gasteiger partial charge < -0.3 is 19.5 Å². The Kier molecular flexibility index (Phi) is 6.85. The molecule has 2 aromatic carbocycles. The standard InChI is InChI=1S/C25H30ClNO4/c1-3-30-23-6-4-5-22(24(23)26)21-10-7-19(15-18(21)16-31-20-8-9-20)27-25(17(2)28)11-13-29-14-12-25/h4-7,10,15,20,27H,3,8-9,11-14,16H2,1-2H3. The zero-order valence-electron chi connectivity index (χ0n) is 18.2. The molecule has 0 unspecified atom stereocenters. The van der Waals surface area contributed by atoms with Crippen molar-refractivity contribution >= 4 is 23.1 Å². The third kappa shape index (κ3) is 5.05. The van der Waals surface area contributed by atoms with E-state index in [4.69, 9.17) is 25.8 Å². The van der Waals surface area contributed by atoms with Crippen LogP contribution in [-0.4, -0.2) is 37.2 Å². The highest BCUT2D eigenvalue weighted by Gasteiger charge is 2.37. The van der Waals surface area contributed by atoms with Gasteiger partial charge in [0.2, 0.25) is 0 Å². The molecule has 0 aromatic heterocycles. The summed E-state index contributed by atoms with van der Waals surface area (Å²) in [5.74, 6) is 0.818. The maximum Gasteiger partial charge on any atom is 0.155 e. The molecule has 1 aliphatic heterocycles. The molecule has 5 nitrogen and oxygen atoms in total. The van der Waals surface area contributed by atoms with Gasteiger partial charge in [-0.2, -0.15) is 0 Å². The average Bonchev–Trinajstić information content (AvgIpc) is 3.59. The van der Waals surface area contributed by atoms with E-state index in [1.165, 1.54) is 0 Å². The number of carbonyl (C=O) groups is 1. The van der Waals surface area contributed by atoms with Gasteiger partial charge in [-0.25, -0.2) is 0 Å². The molecule has 1 aliphatic carbocycles. The van der Waals surface area contributed by atoms with Crippen LogP contribution >= 0.6 is 11.6 Å². The van der Waals surface area contributed by atoms with Crippen LogP contribution in [0.2, 0.25) is 5.02 Å². The van der Waals surface area contributed by atoms with E-state index in [9.17, 15) is 4.79 Å². The van der Waals surface area contributed by atoms with Crippen molar-refractivity contribution in [3.8, 4) is 16.9 Å². The number of ketones is 1. The highest BCUT2D eigenvalue weighted by Crippen LogP contribution is 2.39. The average molecular weight is 444 g/mol. The van der Waals surface area contributed by atoms with Crippen LogP contribution in [0.4, 0.5) is 5.69 Å². The molecule has 1 heterocycles. The lowest BCUT2D eigenvalue weighted by atomic mass is 9.85. The van der Waals surface area contributed by atoms with Gasteiger partial charge in [-0.15, -0.1) is 0 Å². The Labute approximate surface area is 189 Å². The number of Topliss-reactive ketones (excluding diaryl/α,β-unsaturated/α-hetero) is 1. The van der Waals surface area contributed by atoms with E-state index >= 15 is 0 Å². The van der Waals surface area contributed by atoms with Gasteiger partial charge in [0.25, 0.3) is 0 Å². The maximum absolute atomic E-state index is 12.5. The van der Waals surface area contributed by atoms with Crippen molar-refractivity contribution < 1.29 is 19.0 Å². The molecule has 4 rings (SSSR count). The molecular weight excluding hydrogens is 414 g/mol. The molecule has 31 heavy (non-hydrogen) atoms. The Morgan fingerprint density at radius 2 is 1.97 bits per heavy atom. The summed E-state index contributed by atoms with van der Waals surface area (Å²) in [6, 6.07) is 12.0. The van der Waals surface area contributed by atoms with Crippen LogP contribution < -0.4 is 10.1 Å². The normalized spacial score (nSPS) is 17.9. The van der Waals surface area contributed by atoms with Gasteiger partial charge in [0.1, 0.15) is 11.3 Å². The molecule has 6 heteroatoms. The van der Waals surface area contributed by atoms with Gasteiger partial charge in [0.05, 0.1) is 24.3 Å². The first-order chi connectivity index (χ1) is 15.0. The molecular formula is C25H30ClNO4. The van der Waals surface area contributed by atoms with Crippen LogP contribution in [-0.2, 0) is 20.9 Å². The van der Waals surface area contributed by atoms with Crippen molar-refractivity contribution in [3.05, 3.63) is 47.0 Å². The number of benzene rings is 2. The summed E-state index contributed by atoms with van der Waals surface area (Å²) in [5, 5.41) is 4.12. The van der Waals surface area contributed by atoms with Gasteiger partial charge >= 0.3 is 0 Å². The summed E-state index contributed by atoms with van der Waals surface area (Å²) >= 11 is 6.69. The van der Waals surface area contributed by atoms with Crippen molar-refractivity contribution in [2.24, 2.45) is 0 Å². The highest BCUT2D eigenvalue weighted by molar-refractivity contribution is 6.34. The Morgan fingerprint density at radius 3 is 2.65 bits per heavy atom. The molecule has 2 aliphatic rings. The van der Waals surface area contributed by atoms with Crippen molar-refractivity contribution in [1.82, 2.24) is 0 Å². The number of anilines is 1. The van der Waals surface area contributed by atoms with Crippen molar-refractivity contribution in [2.75, 3.05) is 25.1 Å². The van der Waals surface area contributed by atoms with Gasteiger partial charge in [-0.3, -0.25) is 4.79 Å². The summed E-state index contributed by atoms with van der Waals surface area (Å²) in [4.78, 5) is 12.5. The van der Waals surface area contributed by atoms with Crippen LogP contribution in [0.1, 0.15) is 45.1 Å². The number of rotatable bonds is 9. The van der Waals surface area contributed by atoms with Crippen molar-refractivity contribution in [3.63, 3.8) is 0 Å². The fourth-order valence-corrected chi connectivity index (χ4v) is 4.33. The minimum absolute atomic E-state index is 0.142. The zero-order chi connectivity index (χ0) is 21.8. The lowest BCUT2D eigenvalue weighted by Gasteiger charge is -2.36. The second kappa shape index (κ2) is 9.60. The maximum atomic E-state index is 12.5. The number of hydrogen-bond donors (Lipinski definition) is 1. The molecule has 166 valence electrons. The fourth-order valence-electron chi connectivity index (χ4n) is 4.04. The molecule has 0 radical (unpaired) electrons. The van der Waals surface area contributed by atoms with Gasteiger partial charge in [-0.05, 0) is 56.0 Å². The number of carbonyl (C=O) groups excluding carboxylic acids is 1. The molecule has 2 aromatic rings. The van der Waals surface area contributed by atoms with E-state index < -0.39 is 5.54 Å². The summed E-state index contributed by atoms with van der Waals surface area (Å²) in [6.45, 7) is 5.83. The minimum atomic E-state index is -0.582. The van der Waals surface area contributed by atoms with Crippen molar-refractivity contribution in [1.29, 1.82) is 0 Å². The molecule has 1 saturated heterocycles. The van der Waals surface area contributed by atoms with Gasteiger partial charge in [0, 0.05) is 37.3 Å². The SMILES string of the molecule is CCOc1cccc(-c2ccc(NC3(C(C)=O)CCOCC3)cc2COC2CC2)c1Cl. The second-order valence-corrected chi connectivity index (χ2v) is 8.69. The third-order valence-electron chi connectivity index (χ3n) is 6.06. The molecule has 0 amide bonds. The molecule has 0 atom stereocenters. The van der Waals surface area contributed by atoms with E-state index in [1.54, 1.807) is 6.92 Å². The first-order valence-electron chi connectivity index (χ1n) is 11.1. The molecule has 1 saturated carbocycles. The molecule has 0 bridgehead atoms. The fraction of sp³-hybridized carbons (Fsp3) is 0.480. The summed E-state index contributed by atoms with van der Waals surface area (Å²) < 4.78 is 17.2. The quantitative estimate of drug-likeness (QED) is 0.543. The predicted octanol–water partition coefficient (Wildman–Crippen LogP) is 5.63. The van der Waals surface area contributed by atoms with Gasteiger partial charge in [-0.1, -0.05) is 29.8 Å². The summed E-state index contributed by atoms with van der Waals surface area (Å²) in [7, 11) is 0. The van der Waals surface area contributed by atoms with E-state index in [0.29, 0.717) is 56.1 Å².